The SMILES string of the molecule is C=CCCC(NC(=O)CCCCCCCCCCCCCCC(=O)O)C(=O)O. The summed E-state index contributed by atoms with van der Waals surface area (Å²) in [5.74, 6) is -1.87. The van der Waals surface area contributed by atoms with E-state index in [2.05, 4.69) is 11.9 Å². The van der Waals surface area contributed by atoms with Crippen molar-refractivity contribution >= 4 is 17.8 Å². The third-order valence-electron chi connectivity index (χ3n) is 4.84. The average molecular weight is 398 g/mol. The normalized spacial score (nSPS) is 11.7. The minimum atomic E-state index is -0.990. The lowest BCUT2D eigenvalue weighted by molar-refractivity contribution is -0.142. The zero-order valence-electron chi connectivity index (χ0n) is 17.3. The molecule has 0 aromatic carbocycles. The van der Waals surface area contributed by atoms with Gasteiger partial charge in [0.15, 0.2) is 0 Å². The van der Waals surface area contributed by atoms with E-state index in [1.165, 1.54) is 38.5 Å². The number of carbonyl (C=O) groups is 3. The molecule has 1 atom stereocenters. The largest absolute Gasteiger partial charge is 0.481 e. The summed E-state index contributed by atoms with van der Waals surface area (Å²) in [7, 11) is 0. The van der Waals surface area contributed by atoms with Crippen LogP contribution in [0.4, 0.5) is 0 Å². The van der Waals surface area contributed by atoms with Gasteiger partial charge in [0.05, 0.1) is 0 Å². The monoisotopic (exact) mass is 397 g/mol. The molecule has 0 saturated heterocycles. The van der Waals surface area contributed by atoms with Gasteiger partial charge >= 0.3 is 11.9 Å². The second-order valence-corrected chi connectivity index (χ2v) is 7.46. The Bertz CT molecular complexity index is 450. The van der Waals surface area contributed by atoms with Crippen molar-refractivity contribution in [2.24, 2.45) is 0 Å². The van der Waals surface area contributed by atoms with Crippen LogP contribution in [-0.2, 0) is 14.4 Å². The highest BCUT2D eigenvalue weighted by Gasteiger charge is 2.18. The summed E-state index contributed by atoms with van der Waals surface area (Å²) in [6, 6.07) is -0.817. The molecule has 6 nitrogen and oxygen atoms in total. The third-order valence-corrected chi connectivity index (χ3v) is 4.84. The van der Waals surface area contributed by atoms with Gasteiger partial charge in [-0.25, -0.2) is 4.79 Å². The molecule has 0 aliphatic heterocycles. The maximum absolute atomic E-state index is 11.8. The number of rotatable bonds is 20. The summed E-state index contributed by atoms with van der Waals surface area (Å²) in [6.07, 6.45) is 16.4. The van der Waals surface area contributed by atoms with E-state index in [9.17, 15) is 14.4 Å². The smallest absolute Gasteiger partial charge is 0.326 e. The zero-order chi connectivity index (χ0) is 21.0. The van der Waals surface area contributed by atoms with Crippen molar-refractivity contribution in [1.82, 2.24) is 5.32 Å². The van der Waals surface area contributed by atoms with Gasteiger partial charge < -0.3 is 15.5 Å². The molecule has 0 fully saturated rings. The molecule has 0 aromatic rings. The first-order valence-corrected chi connectivity index (χ1v) is 10.8. The van der Waals surface area contributed by atoms with Crippen LogP contribution in [0.25, 0.3) is 0 Å². The summed E-state index contributed by atoms with van der Waals surface area (Å²) in [5, 5.41) is 20.2. The molecule has 0 radical (unpaired) electrons. The number of aliphatic carboxylic acids is 2. The number of carboxylic acid groups (broad SMARTS) is 2. The maximum Gasteiger partial charge on any atom is 0.326 e. The number of hydrogen-bond acceptors (Lipinski definition) is 3. The number of hydrogen-bond donors (Lipinski definition) is 3. The lowest BCUT2D eigenvalue weighted by Crippen LogP contribution is -2.40. The molecule has 0 rings (SSSR count). The summed E-state index contributed by atoms with van der Waals surface area (Å²) in [4.78, 5) is 33.3. The number of allylic oxidation sites excluding steroid dienone is 1. The minimum Gasteiger partial charge on any atom is -0.481 e. The fourth-order valence-electron chi connectivity index (χ4n) is 3.14. The molecule has 0 bridgehead atoms. The predicted molar refractivity (Wildman–Crippen MR) is 111 cm³/mol. The summed E-state index contributed by atoms with van der Waals surface area (Å²) in [6.45, 7) is 3.57. The van der Waals surface area contributed by atoms with Gasteiger partial charge in [-0.05, 0) is 25.7 Å². The van der Waals surface area contributed by atoms with Gasteiger partial charge in [-0.2, -0.15) is 0 Å². The van der Waals surface area contributed by atoms with Gasteiger partial charge in [-0.15, -0.1) is 6.58 Å². The Morgan fingerprint density at radius 2 is 1.18 bits per heavy atom. The highest BCUT2D eigenvalue weighted by molar-refractivity contribution is 5.83. The number of unbranched alkanes of at least 4 members (excludes halogenated alkanes) is 11. The van der Waals surface area contributed by atoms with Gasteiger partial charge in [0, 0.05) is 12.8 Å². The highest BCUT2D eigenvalue weighted by atomic mass is 16.4. The van der Waals surface area contributed by atoms with Crippen LogP contribution in [0.1, 0.15) is 103 Å². The first-order chi connectivity index (χ1) is 13.5. The average Bonchev–Trinajstić information content (AvgIpc) is 2.64. The van der Waals surface area contributed by atoms with E-state index in [-0.39, 0.29) is 12.3 Å². The third kappa shape index (κ3) is 17.6. The number of nitrogens with one attached hydrogen (secondary N) is 1. The summed E-state index contributed by atoms with van der Waals surface area (Å²) in [5.41, 5.74) is 0. The van der Waals surface area contributed by atoms with Crippen LogP contribution in [0.15, 0.2) is 12.7 Å². The second kappa shape index (κ2) is 18.5. The standard InChI is InChI=1S/C22H39NO5/c1-2-3-16-19(22(27)28)23-20(24)17-14-12-10-8-6-4-5-7-9-11-13-15-18-21(25)26/h2,19H,1,3-18H2,(H,23,24)(H,25,26)(H,27,28). The fraction of sp³-hybridized carbons (Fsp3) is 0.773. The molecule has 28 heavy (non-hydrogen) atoms. The van der Waals surface area contributed by atoms with E-state index in [4.69, 9.17) is 10.2 Å². The van der Waals surface area contributed by atoms with Crippen LogP contribution in [0, 0.1) is 0 Å². The van der Waals surface area contributed by atoms with E-state index in [0.29, 0.717) is 19.3 Å². The Morgan fingerprint density at radius 3 is 1.57 bits per heavy atom. The molecular weight excluding hydrogens is 358 g/mol. The van der Waals surface area contributed by atoms with Gasteiger partial charge in [0.1, 0.15) is 6.04 Å². The summed E-state index contributed by atoms with van der Waals surface area (Å²) < 4.78 is 0. The van der Waals surface area contributed by atoms with Crippen LogP contribution < -0.4 is 5.32 Å². The first-order valence-electron chi connectivity index (χ1n) is 10.8. The number of carboxylic acids is 2. The number of amides is 1. The van der Waals surface area contributed by atoms with Gasteiger partial charge in [0.25, 0.3) is 0 Å². The molecule has 3 N–H and O–H groups in total. The maximum atomic E-state index is 11.8. The van der Waals surface area contributed by atoms with Crippen molar-refractivity contribution in [3.8, 4) is 0 Å². The van der Waals surface area contributed by atoms with Crippen molar-refractivity contribution < 1.29 is 24.6 Å². The van der Waals surface area contributed by atoms with Crippen molar-refractivity contribution in [3.05, 3.63) is 12.7 Å². The molecule has 6 heteroatoms. The second-order valence-electron chi connectivity index (χ2n) is 7.46. The quantitative estimate of drug-likeness (QED) is 0.197. The van der Waals surface area contributed by atoms with Crippen LogP contribution in [-0.4, -0.2) is 34.1 Å². The molecule has 0 aromatic heterocycles. The van der Waals surface area contributed by atoms with Gasteiger partial charge in [-0.3, -0.25) is 9.59 Å². The Hall–Kier alpha value is -1.85. The molecular formula is C22H39NO5. The Morgan fingerprint density at radius 1 is 0.750 bits per heavy atom. The number of carbonyl (C=O) groups excluding carboxylic acids is 1. The van der Waals surface area contributed by atoms with E-state index < -0.39 is 18.0 Å². The van der Waals surface area contributed by atoms with Gasteiger partial charge in [0.2, 0.25) is 5.91 Å². The topological polar surface area (TPSA) is 104 Å². The van der Waals surface area contributed by atoms with E-state index in [1.807, 2.05) is 0 Å². The van der Waals surface area contributed by atoms with Crippen LogP contribution in [0.2, 0.25) is 0 Å². The van der Waals surface area contributed by atoms with Gasteiger partial charge in [-0.1, -0.05) is 70.3 Å². The Balaban J connectivity index is 3.42. The van der Waals surface area contributed by atoms with E-state index in [1.54, 1.807) is 6.08 Å². The minimum absolute atomic E-state index is 0.181. The van der Waals surface area contributed by atoms with Crippen LogP contribution in [0.5, 0.6) is 0 Å². The molecule has 162 valence electrons. The molecule has 1 amide bonds. The predicted octanol–water partition coefficient (Wildman–Crippen LogP) is 5.07. The summed E-state index contributed by atoms with van der Waals surface area (Å²) >= 11 is 0. The zero-order valence-corrected chi connectivity index (χ0v) is 17.3. The molecule has 0 saturated carbocycles. The first kappa shape index (κ1) is 26.1. The highest BCUT2D eigenvalue weighted by Crippen LogP contribution is 2.13. The Kier molecular flexibility index (Phi) is 17.3. The lowest BCUT2D eigenvalue weighted by Gasteiger charge is -2.13. The van der Waals surface area contributed by atoms with Crippen molar-refractivity contribution in [2.75, 3.05) is 0 Å². The van der Waals surface area contributed by atoms with E-state index >= 15 is 0 Å². The van der Waals surface area contributed by atoms with Crippen LogP contribution >= 0.6 is 0 Å². The van der Waals surface area contributed by atoms with Crippen LogP contribution in [0.3, 0.4) is 0 Å². The van der Waals surface area contributed by atoms with Crippen molar-refractivity contribution in [3.63, 3.8) is 0 Å². The Labute approximate surface area is 169 Å². The fourth-order valence-corrected chi connectivity index (χ4v) is 3.14. The van der Waals surface area contributed by atoms with E-state index in [0.717, 1.165) is 38.5 Å². The molecule has 0 aliphatic carbocycles. The molecule has 1 unspecified atom stereocenters. The molecule has 0 spiro atoms. The van der Waals surface area contributed by atoms with Crippen molar-refractivity contribution in [1.29, 1.82) is 0 Å². The van der Waals surface area contributed by atoms with Crippen molar-refractivity contribution in [2.45, 2.75) is 109 Å². The molecule has 0 aliphatic rings. The molecule has 0 heterocycles. The lowest BCUT2D eigenvalue weighted by atomic mass is 10.0.